The summed E-state index contributed by atoms with van der Waals surface area (Å²) in [5.74, 6) is 1.29. The number of hydrogen-bond acceptors (Lipinski definition) is 0. The Hall–Kier alpha value is -4.10. The third kappa shape index (κ3) is 11.1. The smallest absolute Gasteiger partial charge is 0.000496 e. The zero-order valence-corrected chi connectivity index (χ0v) is 41.2. The van der Waals surface area contributed by atoms with Crippen molar-refractivity contribution in [3.8, 4) is 0 Å². The van der Waals surface area contributed by atoms with E-state index in [1.807, 2.05) is 24.5 Å². The average Bonchev–Trinajstić information content (AvgIpc) is 3.88. The summed E-state index contributed by atoms with van der Waals surface area (Å²) in [4.78, 5) is 2.86. The Labute approximate surface area is 382 Å². The van der Waals surface area contributed by atoms with Crippen LogP contribution >= 0.6 is 0 Å². The van der Waals surface area contributed by atoms with E-state index in [0.29, 0.717) is 0 Å². The van der Waals surface area contributed by atoms with Gasteiger partial charge in [-0.2, -0.15) is 0 Å². The summed E-state index contributed by atoms with van der Waals surface area (Å²) in [7, 11) is 0. The number of H-pyrrole nitrogens is 1. The van der Waals surface area contributed by atoms with Crippen LogP contribution in [0.15, 0.2) is 146 Å². The van der Waals surface area contributed by atoms with Crippen molar-refractivity contribution in [1.82, 2.24) is 4.98 Å². The van der Waals surface area contributed by atoms with Gasteiger partial charge in [-0.15, -0.1) is 0 Å². The molecule has 0 bridgehead atoms. The quantitative estimate of drug-likeness (QED) is 0.166. The zero-order valence-electron chi connectivity index (χ0n) is 40.1. The topological polar surface area (TPSA) is 15.8 Å². The predicted octanol–water partition coefficient (Wildman–Crippen LogP) is 16.4. The van der Waals surface area contributed by atoms with Gasteiger partial charge in [0.05, 0.1) is 0 Å². The minimum atomic E-state index is 0. The Kier molecular flexibility index (Phi) is 14.4. The molecular weight excluding hydrogens is 779 g/mol. The van der Waals surface area contributed by atoms with Crippen molar-refractivity contribution < 1.29 is 17.1 Å². The van der Waals surface area contributed by atoms with Crippen molar-refractivity contribution >= 4 is 0 Å². The first kappa shape index (κ1) is 47.9. The van der Waals surface area contributed by atoms with Gasteiger partial charge in [0, 0.05) is 29.5 Å². The number of rotatable bonds is 5. The van der Waals surface area contributed by atoms with Crippen LogP contribution in [0.2, 0.25) is 0 Å². The number of aromatic amines is 1. The monoisotopic (exact) mass is 854 g/mol. The predicted molar refractivity (Wildman–Crippen MR) is 260 cm³/mol. The van der Waals surface area contributed by atoms with Crippen LogP contribution in [0.1, 0.15) is 189 Å². The van der Waals surface area contributed by atoms with Crippen molar-refractivity contribution in [2.75, 3.05) is 0 Å². The molecule has 0 unspecified atom stereocenters. The van der Waals surface area contributed by atoms with Crippen LogP contribution in [0.5, 0.6) is 0 Å². The average molecular weight is 854 g/mol. The van der Waals surface area contributed by atoms with Gasteiger partial charge in [-0.1, -0.05) is 225 Å². The van der Waals surface area contributed by atoms with E-state index in [-0.39, 0.29) is 73.7 Å². The van der Waals surface area contributed by atoms with Gasteiger partial charge in [0.15, 0.2) is 0 Å². The van der Waals surface area contributed by atoms with Crippen LogP contribution in [0.4, 0.5) is 0 Å². The zero-order chi connectivity index (χ0) is 43.8. The molecule has 0 radical (unpaired) electrons. The summed E-state index contributed by atoms with van der Waals surface area (Å²) >= 11 is 0. The van der Waals surface area contributed by atoms with Crippen molar-refractivity contribution in [2.24, 2.45) is 0 Å². The van der Waals surface area contributed by atoms with Crippen LogP contribution in [0.25, 0.3) is 0 Å². The second kappa shape index (κ2) is 18.3. The first-order valence-electron chi connectivity index (χ1n) is 22.5. The standard InChI is InChI=1S/C55H70.C4H5N.Fe/c1-51(2,3)41-26-16-36(17-27-41)46-47(37-18-28-42(29-19-37)52(4,5)6)49(39-22-32-44(33-23-39)54(10,11)12)50(40-24-34-45(35-25-40)55(13,14)15)48(46)38-20-30-43(31-21-38)53(7,8)9;1-2-4-5-3-1;/h16-35,46-50H,1-15H3;1-5H;. The second-order valence-electron chi connectivity index (χ2n) is 22.9. The van der Waals surface area contributed by atoms with Crippen LogP contribution in [-0.2, 0) is 44.1 Å². The fraction of sp³-hybridized carbons (Fsp3) is 0.424. The third-order valence-corrected chi connectivity index (χ3v) is 13.2. The molecule has 7 rings (SSSR count). The molecule has 1 nitrogen and oxygen atoms in total. The fourth-order valence-electron chi connectivity index (χ4n) is 9.49. The number of benzene rings is 5. The minimum absolute atomic E-state index is 0. The number of aromatic nitrogens is 1. The molecule has 1 heterocycles. The summed E-state index contributed by atoms with van der Waals surface area (Å²) in [5, 5.41) is 0. The van der Waals surface area contributed by atoms with Gasteiger partial charge < -0.3 is 4.98 Å². The molecule has 1 aromatic heterocycles. The molecule has 0 aliphatic heterocycles. The molecule has 61 heavy (non-hydrogen) atoms. The van der Waals surface area contributed by atoms with E-state index in [2.05, 4.69) is 230 Å². The van der Waals surface area contributed by atoms with Gasteiger partial charge in [0.2, 0.25) is 0 Å². The molecule has 0 saturated heterocycles. The van der Waals surface area contributed by atoms with Gasteiger partial charge in [0.1, 0.15) is 0 Å². The van der Waals surface area contributed by atoms with E-state index in [4.69, 9.17) is 0 Å². The maximum Gasteiger partial charge on any atom is 0.000496 e. The van der Waals surface area contributed by atoms with E-state index < -0.39 is 0 Å². The van der Waals surface area contributed by atoms with E-state index in [9.17, 15) is 0 Å². The third-order valence-electron chi connectivity index (χ3n) is 13.2. The second-order valence-corrected chi connectivity index (χ2v) is 22.9. The van der Waals surface area contributed by atoms with Crippen LogP contribution in [0.3, 0.4) is 0 Å². The summed E-state index contributed by atoms with van der Waals surface area (Å²) in [6.45, 7) is 34.9. The number of nitrogens with one attached hydrogen (secondary N) is 1. The van der Waals surface area contributed by atoms with E-state index in [0.717, 1.165) is 0 Å². The van der Waals surface area contributed by atoms with E-state index in [1.54, 1.807) is 0 Å². The molecule has 1 N–H and O–H groups in total. The van der Waals surface area contributed by atoms with Gasteiger partial charge in [-0.3, -0.25) is 0 Å². The van der Waals surface area contributed by atoms with Crippen molar-refractivity contribution in [3.63, 3.8) is 0 Å². The van der Waals surface area contributed by atoms with Crippen molar-refractivity contribution in [3.05, 3.63) is 201 Å². The Balaban J connectivity index is 0.00000109. The Morgan fingerprint density at radius 3 is 0.508 bits per heavy atom. The van der Waals surface area contributed by atoms with Gasteiger partial charge in [-0.05, 0) is 124 Å². The van der Waals surface area contributed by atoms with Crippen LogP contribution in [0, 0.1) is 0 Å². The molecule has 2 heteroatoms. The summed E-state index contributed by atoms with van der Waals surface area (Å²) < 4.78 is 0. The minimum Gasteiger partial charge on any atom is -0.368 e. The summed E-state index contributed by atoms with van der Waals surface area (Å²) in [5.41, 5.74) is 14.6. The molecular formula is C59H75FeN. The maximum absolute atomic E-state index is 2.86. The van der Waals surface area contributed by atoms with Gasteiger partial charge >= 0.3 is 0 Å². The van der Waals surface area contributed by atoms with Crippen LogP contribution in [-0.4, -0.2) is 4.98 Å². The first-order valence-corrected chi connectivity index (χ1v) is 22.5. The molecule has 0 spiro atoms. The van der Waals surface area contributed by atoms with E-state index in [1.165, 1.54) is 55.6 Å². The van der Waals surface area contributed by atoms with E-state index >= 15 is 0 Å². The Morgan fingerprint density at radius 2 is 0.410 bits per heavy atom. The molecule has 324 valence electrons. The molecule has 1 saturated carbocycles. The molecule has 5 aromatic carbocycles. The Morgan fingerprint density at radius 1 is 0.262 bits per heavy atom. The largest absolute Gasteiger partial charge is 0.368 e. The maximum atomic E-state index is 2.86. The van der Waals surface area contributed by atoms with Crippen LogP contribution < -0.4 is 0 Å². The molecule has 1 aliphatic carbocycles. The van der Waals surface area contributed by atoms with Crippen molar-refractivity contribution in [2.45, 2.75) is 161 Å². The molecule has 1 aliphatic rings. The normalized spacial score (nSPS) is 19.8. The van der Waals surface area contributed by atoms with Gasteiger partial charge in [-0.25, -0.2) is 0 Å². The van der Waals surface area contributed by atoms with Crippen molar-refractivity contribution in [1.29, 1.82) is 0 Å². The molecule has 0 amide bonds. The fourth-order valence-corrected chi connectivity index (χ4v) is 9.49. The van der Waals surface area contributed by atoms with Gasteiger partial charge in [0.25, 0.3) is 0 Å². The number of hydrogen-bond donors (Lipinski definition) is 1. The summed E-state index contributed by atoms with van der Waals surface area (Å²) in [6.07, 6.45) is 3.75. The molecule has 1 fully saturated rings. The molecule has 0 atom stereocenters. The SMILES string of the molecule is CC(C)(C)c1ccc(C2C(c3ccc(C(C)(C)C)cc3)C(c3ccc(C(C)(C)C)cc3)C(c3ccc(C(C)(C)C)cc3)C2c2ccc(C(C)(C)C)cc2)cc1.[Fe].c1cc[nH]c1. The molecule has 6 aromatic rings. The summed E-state index contributed by atoms with van der Waals surface area (Å²) in [6, 6.07) is 52.7. The first-order chi connectivity index (χ1) is 27.9. The Bertz CT molecular complexity index is 1860.